The fourth-order valence-electron chi connectivity index (χ4n) is 3.70. The molecule has 0 aliphatic rings. The molecule has 2 atom stereocenters. The van der Waals surface area contributed by atoms with Gasteiger partial charge in [0.25, 0.3) is 0 Å². The number of benzene rings is 2. The predicted octanol–water partition coefficient (Wildman–Crippen LogP) is 5.50. The van der Waals surface area contributed by atoms with Crippen LogP contribution in [0.4, 0.5) is 4.39 Å². The number of halogens is 1. The van der Waals surface area contributed by atoms with Crippen LogP contribution in [0.25, 0.3) is 5.69 Å². The van der Waals surface area contributed by atoms with Crippen molar-refractivity contribution in [2.45, 2.75) is 65.8 Å². The maximum absolute atomic E-state index is 13.9. The molecule has 0 aliphatic heterocycles. The van der Waals surface area contributed by atoms with Crippen LogP contribution in [0.1, 0.15) is 45.4 Å². The van der Waals surface area contributed by atoms with Crippen LogP contribution in [0.5, 0.6) is 11.6 Å². The molecule has 0 radical (unpaired) electrons. The maximum atomic E-state index is 13.9. The Morgan fingerprint density at radius 2 is 1.82 bits per heavy atom. The number of hydrogen-bond acceptors (Lipinski definition) is 5. The Morgan fingerprint density at radius 1 is 1.09 bits per heavy atom. The minimum atomic E-state index is -0.617. The summed E-state index contributed by atoms with van der Waals surface area (Å²) in [5.41, 5.74) is 2.56. The molecule has 0 bridgehead atoms. The third-order valence-electron chi connectivity index (χ3n) is 5.79. The summed E-state index contributed by atoms with van der Waals surface area (Å²) >= 11 is 0. The lowest BCUT2D eigenvalue weighted by Crippen LogP contribution is -2.40. The van der Waals surface area contributed by atoms with Crippen molar-refractivity contribution in [3.63, 3.8) is 0 Å². The van der Waals surface area contributed by atoms with E-state index in [1.807, 2.05) is 51.1 Å². The lowest BCUT2D eigenvalue weighted by atomic mass is 10.1. The van der Waals surface area contributed by atoms with Crippen LogP contribution in [0, 0.1) is 12.7 Å². The van der Waals surface area contributed by atoms with Gasteiger partial charge in [-0.1, -0.05) is 31.2 Å². The maximum Gasteiger partial charge on any atom is 0.227 e. The normalized spacial score (nSPS) is 13.4. The molecule has 0 amide bonds. The zero-order valence-corrected chi connectivity index (χ0v) is 20.7. The van der Waals surface area contributed by atoms with Crippen LogP contribution in [-0.4, -0.2) is 51.2 Å². The SMILES string of the molecule is CC[C@H](C)N(Cc1c(C)nn(-c2ccccc2)c1Oc1cccc(F)c1)C[C@@H](O)COC(C)C. The van der Waals surface area contributed by atoms with E-state index in [2.05, 4.69) is 18.7 Å². The quantitative estimate of drug-likeness (QED) is 0.380. The van der Waals surface area contributed by atoms with E-state index >= 15 is 0 Å². The highest BCUT2D eigenvalue weighted by Crippen LogP contribution is 2.32. The minimum absolute atomic E-state index is 0.0596. The van der Waals surface area contributed by atoms with Gasteiger partial charge >= 0.3 is 0 Å². The molecular formula is C27H36FN3O3. The van der Waals surface area contributed by atoms with Crippen molar-refractivity contribution in [2.75, 3.05) is 13.2 Å². The molecule has 184 valence electrons. The molecule has 0 saturated heterocycles. The van der Waals surface area contributed by atoms with Gasteiger partial charge in [0.2, 0.25) is 5.88 Å². The second-order valence-electron chi connectivity index (χ2n) is 8.90. The van der Waals surface area contributed by atoms with Crippen LogP contribution < -0.4 is 4.74 Å². The van der Waals surface area contributed by atoms with Crippen molar-refractivity contribution < 1.29 is 19.0 Å². The molecule has 2 aromatic carbocycles. The van der Waals surface area contributed by atoms with E-state index < -0.39 is 6.10 Å². The summed E-state index contributed by atoms with van der Waals surface area (Å²) < 4.78 is 27.5. The Hall–Kier alpha value is -2.74. The van der Waals surface area contributed by atoms with Gasteiger partial charge in [-0.2, -0.15) is 5.10 Å². The molecule has 1 aromatic heterocycles. The van der Waals surface area contributed by atoms with Gasteiger partial charge in [-0.3, -0.25) is 4.90 Å². The number of aryl methyl sites for hydroxylation is 1. The van der Waals surface area contributed by atoms with Gasteiger partial charge in [0.1, 0.15) is 11.6 Å². The topological polar surface area (TPSA) is 59.8 Å². The molecule has 6 nitrogen and oxygen atoms in total. The van der Waals surface area contributed by atoms with Gasteiger partial charge in [-0.15, -0.1) is 0 Å². The molecule has 3 aromatic rings. The first-order chi connectivity index (χ1) is 16.3. The van der Waals surface area contributed by atoms with Gasteiger partial charge in [0.05, 0.1) is 35.8 Å². The predicted molar refractivity (Wildman–Crippen MR) is 132 cm³/mol. The van der Waals surface area contributed by atoms with Crippen molar-refractivity contribution in [1.29, 1.82) is 0 Å². The smallest absolute Gasteiger partial charge is 0.227 e. The molecule has 0 aliphatic carbocycles. The molecule has 3 rings (SSSR count). The van der Waals surface area contributed by atoms with E-state index in [1.165, 1.54) is 12.1 Å². The van der Waals surface area contributed by atoms with Gasteiger partial charge in [0, 0.05) is 25.2 Å². The molecule has 0 unspecified atom stereocenters. The first-order valence-corrected chi connectivity index (χ1v) is 11.9. The first-order valence-electron chi connectivity index (χ1n) is 11.9. The minimum Gasteiger partial charge on any atom is -0.438 e. The summed E-state index contributed by atoms with van der Waals surface area (Å²) in [4.78, 5) is 2.21. The van der Waals surface area contributed by atoms with Crippen LogP contribution in [0.15, 0.2) is 54.6 Å². The van der Waals surface area contributed by atoms with Crippen molar-refractivity contribution in [3.05, 3.63) is 71.7 Å². The lowest BCUT2D eigenvalue weighted by molar-refractivity contribution is -0.0150. The van der Waals surface area contributed by atoms with Crippen molar-refractivity contribution in [2.24, 2.45) is 0 Å². The molecule has 0 saturated carbocycles. The fourth-order valence-corrected chi connectivity index (χ4v) is 3.70. The number of rotatable bonds is 12. The Morgan fingerprint density at radius 3 is 2.47 bits per heavy atom. The first kappa shape index (κ1) is 25.9. The summed E-state index contributed by atoms with van der Waals surface area (Å²) in [6, 6.07) is 16.0. The highest BCUT2D eigenvalue weighted by atomic mass is 19.1. The summed E-state index contributed by atoms with van der Waals surface area (Å²) in [5, 5.41) is 15.4. The number of aliphatic hydroxyl groups excluding tert-OH is 1. The van der Waals surface area contributed by atoms with Crippen molar-refractivity contribution in [1.82, 2.24) is 14.7 Å². The summed E-state index contributed by atoms with van der Waals surface area (Å²) in [7, 11) is 0. The zero-order valence-electron chi connectivity index (χ0n) is 20.7. The number of ether oxygens (including phenoxy) is 2. The largest absolute Gasteiger partial charge is 0.438 e. The van der Waals surface area contributed by atoms with Gasteiger partial charge in [0.15, 0.2) is 0 Å². The number of nitrogens with zero attached hydrogens (tertiary/aromatic N) is 3. The molecule has 1 heterocycles. The Balaban J connectivity index is 1.96. The van der Waals surface area contributed by atoms with Crippen molar-refractivity contribution in [3.8, 4) is 17.3 Å². The Bertz CT molecular complexity index is 1040. The number of hydrogen-bond donors (Lipinski definition) is 1. The molecular weight excluding hydrogens is 433 g/mol. The van der Waals surface area contributed by atoms with Crippen LogP contribution in [0.3, 0.4) is 0 Å². The average Bonchev–Trinajstić information content (AvgIpc) is 3.12. The van der Waals surface area contributed by atoms with Crippen LogP contribution >= 0.6 is 0 Å². The molecule has 1 N–H and O–H groups in total. The highest BCUT2D eigenvalue weighted by Gasteiger charge is 2.25. The Labute approximate surface area is 201 Å². The van der Waals surface area contributed by atoms with Crippen LogP contribution in [-0.2, 0) is 11.3 Å². The summed E-state index contributed by atoms with van der Waals surface area (Å²) in [5.74, 6) is 0.574. The van der Waals surface area contributed by atoms with Gasteiger partial charge in [-0.25, -0.2) is 9.07 Å². The highest BCUT2D eigenvalue weighted by molar-refractivity contribution is 5.43. The second-order valence-corrected chi connectivity index (χ2v) is 8.90. The number of aliphatic hydroxyl groups is 1. The number of aromatic nitrogens is 2. The lowest BCUT2D eigenvalue weighted by Gasteiger charge is -2.30. The molecule has 0 fully saturated rings. The van der Waals surface area contributed by atoms with E-state index in [9.17, 15) is 9.50 Å². The molecule has 0 spiro atoms. The van der Waals surface area contributed by atoms with E-state index in [1.54, 1.807) is 16.8 Å². The van der Waals surface area contributed by atoms with Crippen molar-refractivity contribution >= 4 is 0 Å². The van der Waals surface area contributed by atoms with E-state index in [4.69, 9.17) is 14.6 Å². The standard InChI is InChI=1S/C27H36FN3O3/c1-6-20(4)30(16-24(32)18-33-19(2)3)17-26-21(5)29-31(23-12-8-7-9-13-23)27(26)34-25-14-10-11-22(28)15-25/h7-15,19-20,24,32H,6,16-18H2,1-5H3/t20-,24+/m0/s1. The third kappa shape index (κ3) is 6.88. The summed E-state index contributed by atoms with van der Waals surface area (Å²) in [6.07, 6.45) is 0.363. The zero-order chi connectivity index (χ0) is 24.7. The van der Waals surface area contributed by atoms with Gasteiger partial charge < -0.3 is 14.6 Å². The monoisotopic (exact) mass is 469 g/mol. The summed E-state index contributed by atoms with van der Waals surface area (Å²) in [6.45, 7) is 11.4. The van der Waals surface area contributed by atoms with E-state index in [-0.39, 0.29) is 24.6 Å². The molecule has 7 heteroatoms. The van der Waals surface area contributed by atoms with E-state index in [0.29, 0.717) is 24.7 Å². The van der Waals surface area contributed by atoms with E-state index in [0.717, 1.165) is 23.4 Å². The average molecular weight is 470 g/mol. The Kier molecular flexibility index (Phi) is 9.21. The molecule has 34 heavy (non-hydrogen) atoms. The fraction of sp³-hybridized carbons (Fsp3) is 0.444. The van der Waals surface area contributed by atoms with Gasteiger partial charge in [-0.05, 0) is 58.4 Å². The second kappa shape index (κ2) is 12.1. The van der Waals surface area contributed by atoms with Crippen LogP contribution in [0.2, 0.25) is 0 Å². The number of para-hydroxylation sites is 1. The third-order valence-corrected chi connectivity index (χ3v) is 5.79.